The van der Waals surface area contributed by atoms with Crippen LogP contribution in [0, 0.1) is 0 Å². The molecule has 0 atom stereocenters. The average molecular weight is 141 g/mol. The van der Waals surface area contributed by atoms with E-state index in [9.17, 15) is 0 Å². The molecule has 3 heteroatoms. The van der Waals surface area contributed by atoms with E-state index in [1.165, 1.54) is 0 Å². The first-order chi connectivity index (χ1) is 3.85. The number of rotatable bonds is 4. The topological polar surface area (TPSA) is 3.24 Å². The molecular formula is C6H16LiNS. The number of hydrogen-bond donors (Lipinski definition) is 1. The Hall–Kier alpha value is 0.907. The average Bonchev–Trinajstić information content (AvgIpc) is 1.83. The van der Waals surface area contributed by atoms with Crippen molar-refractivity contribution in [3.8, 4) is 0 Å². The van der Waals surface area contributed by atoms with E-state index in [-0.39, 0.29) is 18.9 Å². The van der Waals surface area contributed by atoms with E-state index in [2.05, 4.69) is 31.4 Å². The van der Waals surface area contributed by atoms with Crippen LogP contribution in [0.2, 0.25) is 0 Å². The molecule has 0 aliphatic carbocycles. The van der Waals surface area contributed by atoms with Gasteiger partial charge in [-0.2, -0.15) is 12.6 Å². The first-order valence-electron chi connectivity index (χ1n) is 3.18. The number of hydrogen-bond acceptors (Lipinski definition) is 2. The zero-order chi connectivity index (χ0) is 6.41. The minimum atomic E-state index is 0. The summed E-state index contributed by atoms with van der Waals surface area (Å²) in [5.74, 6) is 0.974. The molecule has 0 spiro atoms. The van der Waals surface area contributed by atoms with Crippen LogP contribution in [0.15, 0.2) is 0 Å². The van der Waals surface area contributed by atoms with Gasteiger partial charge in [0.2, 0.25) is 0 Å². The van der Waals surface area contributed by atoms with E-state index >= 15 is 0 Å². The van der Waals surface area contributed by atoms with Gasteiger partial charge in [-0.05, 0) is 13.1 Å². The molecule has 0 rings (SSSR count). The monoisotopic (exact) mass is 141 g/mol. The van der Waals surface area contributed by atoms with E-state index < -0.39 is 0 Å². The fraction of sp³-hybridized carbons (Fsp3) is 1.00. The summed E-state index contributed by atoms with van der Waals surface area (Å²) in [6.07, 6.45) is 0. The molecule has 0 aromatic rings. The van der Waals surface area contributed by atoms with E-state index in [0.29, 0.717) is 0 Å². The Morgan fingerprint density at radius 3 is 1.78 bits per heavy atom. The molecule has 1 nitrogen and oxygen atoms in total. The summed E-state index contributed by atoms with van der Waals surface area (Å²) in [6, 6.07) is 0. The maximum atomic E-state index is 4.13. The van der Waals surface area contributed by atoms with Gasteiger partial charge in [0.25, 0.3) is 0 Å². The summed E-state index contributed by atoms with van der Waals surface area (Å²) >= 11 is 4.13. The molecule has 52 valence electrons. The second-order valence-electron chi connectivity index (χ2n) is 1.75. The van der Waals surface area contributed by atoms with Gasteiger partial charge in [-0.25, -0.2) is 0 Å². The van der Waals surface area contributed by atoms with Crippen molar-refractivity contribution in [2.75, 3.05) is 25.4 Å². The predicted molar refractivity (Wildman–Crippen MR) is 48.8 cm³/mol. The first-order valence-corrected chi connectivity index (χ1v) is 3.81. The second kappa shape index (κ2) is 8.91. The molecule has 0 saturated carbocycles. The standard InChI is InChI=1S/C6H15NS.Li.H/c1-3-7(4-2)5-6-8;;/h8H,3-6H2,1-2H3;;. The molecule has 0 bridgehead atoms. The van der Waals surface area contributed by atoms with Crippen LogP contribution in [-0.2, 0) is 0 Å². The van der Waals surface area contributed by atoms with Crippen LogP contribution in [0.4, 0.5) is 0 Å². The number of nitrogens with zero attached hydrogens (tertiary/aromatic N) is 1. The Morgan fingerprint density at radius 2 is 1.67 bits per heavy atom. The van der Waals surface area contributed by atoms with Gasteiger partial charge in [0, 0.05) is 12.3 Å². The molecule has 0 aromatic heterocycles. The van der Waals surface area contributed by atoms with Gasteiger partial charge in [0.05, 0.1) is 0 Å². The molecule has 0 N–H and O–H groups in total. The van der Waals surface area contributed by atoms with Crippen molar-refractivity contribution in [3.05, 3.63) is 0 Å². The summed E-state index contributed by atoms with van der Waals surface area (Å²) < 4.78 is 0. The van der Waals surface area contributed by atoms with Crippen LogP contribution in [0.1, 0.15) is 13.8 Å². The van der Waals surface area contributed by atoms with Crippen molar-refractivity contribution in [2.45, 2.75) is 13.8 Å². The van der Waals surface area contributed by atoms with Gasteiger partial charge in [-0.3, -0.25) is 0 Å². The van der Waals surface area contributed by atoms with Crippen LogP contribution in [-0.4, -0.2) is 49.1 Å². The Bertz CT molecular complexity index is 48.3. The van der Waals surface area contributed by atoms with E-state index in [1.54, 1.807) is 0 Å². The summed E-state index contributed by atoms with van der Waals surface area (Å²) in [6.45, 7) is 7.77. The van der Waals surface area contributed by atoms with Gasteiger partial charge in [0.1, 0.15) is 0 Å². The van der Waals surface area contributed by atoms with Gasteiger partial charge in [-0.15, -0.1) is 0 Å². The van der Waals surface area contributed by atoms with E-state index in [1.807, 2.05) is 0 Å². The van der Waals surface area contributed by atoms with Crippen molar-refractivity contribution < 1.29 is 0 Å². The van der Waals surface area contributed by atoms with Gasteiger partial charge < -0.3 is 4.90 Å². The van der Waals surface area contributed by atoms with Crippen LogP contribution >= 0.6 is 12.6 Å². The summed E-state index contributed by atoms with van der Waals surface area (Å²) in [4.78, 5) is 2.35. The Morgan fingerprint density at radius 1 is 1.22 bits per heavy atom. The van der Waals surface area contributed by atoms with E-state index in [0.717, 1.165) is 25.4 Å². The maximum absolute atomic E-state index is 4.13. The summed E-state index contributed by atoms with van der Waals surface area (Å²) in [5, 5.41) is 0. The van der Waals surface area contributed by atoms with Crippen molar-refractivity contribution in [1.29, 1.82) is 0 Å². The zero-order valence-corrected chi connectivity index (χ0v) is 6.62. The summed E-state index contributed by atoms with van der Waals surface area (Å²) in [7, 11) is 0. The van der Waals surface area contributed by atoms with Gasteiger partial charge in [-0.1, -0.05) is 13.8 Å². The molecule has 0 aliphatic rings. The van der Waals surface area contributed by atoms with Crippen molar-refractivity contribution in [3.63, 3.8) is 0 Å². The van der Waals surface area contributed by atoms with Crippen molar-refractivity contribution in [2.24, 2.45) is 0 Å². The minimum absolute atomic E-state index is 0. The molecule has 0 heterocycles. The molecule has 0 saturated heterocycles. The molecule has 0 aliphatic heterocycles. The molecule has 0 unspecified atom stereocenters. The SMILES string of the molecule is CCN(CC)CCS.[LiH]. The molecule has 0 aromatic carbocycles. The van der Waals surface area contributed by atoms with Gasteiger partial charge in [0.15, 0.2) is 0 Å². The van der Waals surface area contributed by atoms with Crippen LogP contribution in [0.25, 0.3) is 0 Å². The van der Waals surface area contributed by atoms with Crippen molar-refractivity contribution in [1.82, 2.24) is 4.90 Å². The Balaban J connectivity index is 0. The summed E-state index contributed by atoms with van der Waals surface area (Å²) in [5.41, 5.74) is 0. The van der Waals surface area contributed by atoms with Crippen LogP contribution in [0.5, 0.6) is 0 Å². The first kappa shape index (κ1) is 12.6. The molecular weight excluding hydrogens is 125 g/mol. The molecule has 0 radical (unpaired) electrons. The van der Waals surface area contributed by atoms with Crippen LogP contribution in [0.3, 0.4) is 0 Å². The third kappa shape index (κ3) is 6.80. The quantitative estimate of drug-likeness (QED) is 0.443. The fourth-order valence-corrected chi connectivity index (χ4v) is 0.964. The zero-order valence-electron chi connectivity index (χ0n) is 5.72. The molecule has 0 amide bonds. The van der Waals surface area contributed by atoms with Gasteiger partial charge >= 0.3 is 18.9 Å². The third-order valence-electron chi connectivity index (χ3n) is 1.31. The third-order valence-corrected chi connectivity index (χ3v) is 1.51. The predicted octanol–water partition coefficient (Wildman–Crippen LogP) is 0.609. The second-order valence-corrected chi connectivity index (χ2v) is 2.20. The molecule has 9 heavy (non-hydrogen) atoms. The van der Waals surface area contributed by atoms with E-state index in [4.69, 9.17) is 0 Å². The normalized spacial score (nSPS) is 9.33. The van der Waals surface area contributed by atoms with Crippen LogP contribution < -0.4 is 0 Å². The fourth-order valence-electron chi connectivity index (χ4n) is 0.681. The van der Waals surface area contributed by atoms with Crippen molar-refractivity contribution >= 4 is 31.5 Å². The number of thiol groups is 1. The Labute approximate surface area is 75.8 Å². The molecule has 0 fully saturated rings. The Kier molecular flexibility index (Phi) is 12.4.